The monoisotopic (exact) mass is 256 g/mol. The molecule has 3 N–H and O–H groups in total. The number of carbonyl (C=O) groups is 2. The smallest absolute Gasteiger partial charge is 0.329 e. The van der Waals surface area contributed by atoms with Crippen LogP contribution in [-0.4, -0.2) is 40.5 Å². The maximum atomic E-state index is 12.5. The number of likely N-dealkylation sites (tertiary alicyclic amines) is 1. The summed E-state index contributed by atoms with van der Waals surface area (Å²) in [7, 11) is 0. The second-order valence-electron chi connectivity index (χ2n) is 5.61. The van der Waals surface area contributed by atoms with E-state index < -0.39 is 11.5 Å². The highest BCUT2D eigenvalue weighted by molar-refractivity contribution is 5.88. The normalized spacial score (nSPS) is 26.2. The quantitative estimate of drug-likeness (QED) is 0.788. The molecule has 1 aliphatic heterocycles. The molecule has 0 aliphatic carbocycles. The van der Waals surface area contributed by atoms with Gasteiger partial charge in [-0.2, -0.15) is 0 Å². The van der Waals surface area contributed by atoms with Crippen molar-refractivity contribution >= 4 is 11.9 Å². The molecule has 0 aromatic carbocycles. The van der Waals surface area contributed by atoms with Crippen molar-refractivity contribution in [3.63, 3.8) is 0 Å². The highest BCUT2D eigenvalue weighted by Gasteiger charge is 2.45. The van der Waals surface area contributed by atoms with Crippen LogP contribution in [0.4, 0.5) is 0 Å². The first-order valence-electron chi connectivity index (χ1n) is 6.59. The van der Waals surface area contributed by atoms with E-state index in [2.05, 4.69) is 0 Å². The van der Waals surface area contributed by atoms with Crippen molar-refractivity contribution in [3.8, 4) is 0 Å². The Labute approximate surface area is 108 Å². The van der Waals surface area contributed by atoms with E-state index in [0.29, 0.717) is 13.0 Å². The van der Waals surface area contributed by atoms with E-state index >= 15 is 0 Å². The summed E-state index contributed by atoms with van der Waals surface area (Å²) < 4.78 is 0. The summed E-state index contributed by atoms with van der Waals surface area (Å²) in [6.07, 6.45) is 2.23. The Morgan fingerprint density at radius 1 is 1.39 bits per heavy atom. The third kappa shape index (κ3) is 2.66. The van der Waals surface area contributed by atoms with Crippen LogP contribution in [0.3, 0.4) is 0 Å². The zero-order valence-corrected chi connectivity index (χ0v) is 11.5. The highest BCUT2D eigenvalue weighted by Crippen LogP contribution is 2.30. The highest BCUT2D eigenvalue weighted by atomic mass is 16.4. The second kappa shape index (κ2) is 5.69. The first kappa shape index (κ1) is 15.0. The average molecular weight is 256 g/mol. The Hall–Kier alpha value is -1.10. The van der Waals surface area contributed by atoms with Gasteiger partial charge in [0.2, 0.25) is 5.91 Å². The number of carboxylic acids is 1. The number of hydrogen-bond donors (Lipinski definition) is 2. The van der Waals surface area contributed by atoms with Crippen molar-refractivity contribution in [3.05, 3.63) is 0 Å². The van der Waals surface area contributed by atoms with Gasteiger partial charge in [-0.15, -0.1) is 0 Å². The molecule has 1 amide bonds. The van der Waals surface area contributed by atoms with Crippen LogP contribution in [0.5, 0.6) is 0 Å². The van der Waals surface area contributed by atoms with Gasteiger partial charge in [-0.05, 0) is 32.1 Å². The van der Waals surface area contributed by atoms with Gasteiger partial charge in [0.05, 0.1) is 5.92 Å². The summed E-state index contributed by atoms with van der Waals surface area (Å²) in [5.41, 5.74) is 4.58. The van der Waals surface area contributed by atoms with E-state index in [1.165, 1.54) is 4.90 Å². The third-order valence-electron chi connectivity index (χ3n) is 3.99. The molecule has 1 aliphatic rings. The van der Waals surface area contributed by atoms with Crippen LogP contribution in [0.1, 0.15) is 40.0 Å². The molecule has 1 fully saturated rings. The van der Waals surface area contributed by atoms with Gasteiger partial charge in [0, 0.05) is 13.1 Å². The van der Waals surface area contributed by atoms with Crippen LogP contribution in [0.15, 0.2) is 0 Å². The molecule has 0 saturated carbocycles. The van der Waals surface area contributed by atoms with E-state index in [1.54, 1.807) is 6.92 Å². The van der Waals surface area contributed by atoms with E-state index in [-0.39, 0.29) is 24.3 Å². The molecule has 5 nitrogen and oxygen atoms in total. The van der Waals surface area contributed by atoms with E-state index in [4.69, 9.17) is 5.73 Å². The van der Waals surface area contributed by atoms with Crippen molar-refractivity contribution < 1.29 is 14.7 Å². The zero-order valence-electron chi connectivity index (χ0n) is 11.5. The maximum Gasteiger partial charge on any atom is 0.329 e. The van der Waals surface area contributed by atoms with Gasteiger partial charge in [-0.3, -0.25) is 4.79 Å². The molecule has 0 aromatic rings. The van der Waals surface area contributed by atoms with Gasteiger partial charge in [0.1, 0.15) is 5.54 Å². The lowest BCUT2D eigenvalue weighted by atomic mass is 9.85. The Morgan fingerprint density at radius 3 is 2.44 bits per heavy atom. The number of nitrogens with two attached hydrogens (primary N) is 1. The van der Waals surface area contributed by atoms with E-state index in [0.717, 1.165) is 12.8 Å². The first-order chi connectivity index (χ1) is 8.34. The molecular weight excluding hydrogens is 232 g/mol. The molecule has 0 aromatic heterocycles. The molecular formula is C13H24N2O3. The van der Waals surface area contributed by atoms with Crippen LogP contribution in [-0.2, 0) is 9.59 Å². The molecule has 5 heteroatoms. The largest absolute Gasteiger partial charge is 0.480 e. The molecule has 1 heterocycles. The Bertz CT molecular complexity index is 330. The summed E-state index contributed by atoms with van der Waals surface area (Å²) in [6.45, 7) is 6.31. The maximum absolute atomic E-state index is 12.5. The minimum absolute atomic E-state index is 0.114. The Kier molecular flexibility index (Phi) is 4.73. The minimum atomic E-state index is -1.07. The fraction of sp³-hybridized carbons (Fsp3) is 0.846. The SMILES string of the molecule is CC(C)C(CN)C(=O)N1CCCCC1(C)C(=O)O. The lowest BCUT2D eigenvalue weighted by molar-refractivity contribution is -0.163. The van der Waals surface area contributed by atoms with E-state index in [1.807, 2.05) is 13.8 Å². The van der Waals surface area contributed by atoms with Crippen molar-refractivity contribution in [1.82, 2.24) is 4.90 Å². The predicted molar refractivity (Wildman–Crippen MR) is 69.0 cm³/mol. The molecule has 18 heavy (non-hydrogen) atoms. The van der Waals surface area contributed by atoms with E-state index in [9.17, 15) is 14.7 Å². The number of piperidine rings is 1. The number of carboxylic acid groups (broad SMARTS) is 1. The lowest BCUT2D eigenvalue weighted by Gasteiger charge is -2.43. The molecule has 1 rings (SSSR count). The number of aliphatic carboxylic acids is 1. The van der Waals surface area contributed by atoms with Crippen molar-refractivity contribution in [1.29, 1.82) is 0 Å². The summed E-state index contributed by atoms with van der Waals surface area (Å²) in [5, 5.41) is 9.38. The van der Waals surface area contributed by atoms with Gasteiger partial charge >= 0.3 is 5.97 Å². The van der Waals surface area contributed by atoms with Gasteiger partial charge in [0.15, 0.2) is 0 Å². The molecule has 2 unspecified atom stereocenters. The standard InChI is InChI=1S/C13H24N2O3/c1-9(2)10(8-14)11(16)15-7-5-4-6-13(15,3)12(17)18/h9-10H,4-8,14H2,1-3H3,(H,17,18). The van der Waals surface area contributed by atoms with Gasteiger partial charge in [-0.25, -0.2) is 4.79 Å². The molecule has 0 radical (unpaired) electrons. The number of amides is 1. The summed E-state index contributed by atoms with van der Waals surface area (Å²) in [6, 6.07) is 0. The number of rotatable bonds is 4. The summed E-state index contributed by atoms with van der Waals surface area (Å²) in [4.78, 5) is 25.4. The van der Waals surface area contributed by atoms with Gasteiger partial charge < -0.3 is 15.7 Å². The Morgan fingerprint density at radius 2 is 2.00 bits per heavy atom. The molecule has 0 bridgehead atoms. The fourth-order valence-electron chi connectivity index (χ4n) is 2.55. The number of nitrogens with zero attached hydrogens (tertiary/aromatic N) is 1. The van der Waals surface area contributed by atoms with Crippen LogP contribution < -0.4 is 5.73 Å². The third-order valence-corrected chi connectivity index (χ3v) is 3.99. The molecule has 1 saturated heterocycles. The predicted octanol–water partition coefficient (Wildman–Crippen LogP) is 1.07. The lowest BCUT2D eigenvalue weighted by Crippen LogP contribution is -2.59. The first-order valence-corrected chi connectivity index (χ1v) is 6.59. The van der Waals surface area contributed by atoms with Crippen LogP contribution in [0.2, 0.25) is 0 Å². The number of carbonyl (C=O) groups excluding carboxylic acids is 1. The van der Waals surface area contributed by atoms with Crippen molar-refractivity contribution in [2.75, 3.05) is 13.1 Å². The number of hydrogen-bond acceptors (Lipinski definition) is 3. The fourth-order valence-corrected chi connectivity index (χ4v) is 2.55. The van der Waals surface area contributed by atoms with Crippen LogP contribution in [0.25, 0.3) is 0 Å². The van der Waals surface area contributed by atoms with Gasteiger partial charge in [0.25, 0.3) is 0 Å². The molecule has 2 atom stereocenters. The zero-order chi connectivity index (χ0) is 13.9. The second-order valence-corrected chi connectivity index (χ2v) is 5.61. The van der Waals surface area contributed by atoms with Crippen molar-refractivity contribution in [2.45, 2.75) is 45.6 Å². The van der Waals surface area contributed by atoms with Crippen LogP contribution >= 0.6 is 0 Å². The summed E-state index contributed by atoms with van der Waals surface area (Å²) in [5.74, 6) is -1.20. The minimum Gasteiger partial charge on any atom is -0.480 e. The summed E-state index contributed by atoms with van der Waals surface area (Å²) >= 11 is 0. The molecule has 0 spiro atoms. The van der Waals surface area contributed by atoms with Gasteiger partial charge in [-0.1, -0.05) is 13.8 Å². The molecule has 104 valence electrons. The topological polar surface area (TPSA) is 83.6 Å². The van der Waals surface area contributed by atoms with Crippen LogP contribution in [0, 0.1) is 11.8 Å². The van der Waals surface area contributed by atoms with Crippen molar-refractivity contribution in [2.24, 2.45) is 17.6 Å². The average Bonchev–Trinajstić information content (AvgIpc) is 2.29. The Balaban J connectivity index is 2.97.